The number of nitrogens with zero attached hydrogens (tertiary/aromatic N) is 1. The highest BCUT2D eigenvalue weighted by Gasteiger charge is 2.48. The summed E-state index contributed by atoms with van der Waals surface area (Å²) >= 11 is 1.39. The molecule has 2 atom stereocenters. The van der Waals surface area contributed by atoms with Gasteiger partial charge in [0, 0.05) is 11.5 Å². The summed E-state index contributed by atoms with van der Waals surface area (Å²) in [6.45, 7) is 5.80. The standard InChI is InChI=1S/C11H16N2O2S/c1-6-12-5-7(16-6)10(15)13-8-4-9(14)11(8,2)3/h5,8-9,14H,4H2,1-3H3,(H,13,15). The highest BCUT2D eigenvalue weighted by Crippen LogP contribution is 2.40. The van der Waals surface area contributed by atoms with Crippen molar-refractivity contribution < 1.29 is 9.90 Å². The quantitative estimate of drug-likeness (QED) is 0.820. The van der Waals surface area contributed by atoms with Gasteiger partial charge in [-0.15, -0.1) is 11.3 Å². The smallest absolute Gasteiger partial charge is 0.263 e. The molecule has 1 fully saturated rings. The summed E-state index contributed by atoms with van der Waals surface area (Å²) in [6.07, 6.45) is 1.91. The Labute approximate surface area is 98.7 Å². The van der Waals surface area contributed by atoms with Crippen LogP contribution in [0.1, 0.15) is 34.9 Å². The van der Waals surface area contributed by atoms with Gasteiger partial charge < -0.3 is 10.4 Å². The highest BCUT2D eigenvalue weighted by atomic mass is 32.1. The Morgan fingerprint density at radius 1 is 1.69 bits per heavy atom. The fraction of sp³-hybridized carbons (Fsp3) is 0.636. The molecule has 1 aliphatic carbocycles. The van der Waals surface area contributed by atoms with Crippen LogP contribution in [0.2, 0.25) is 0 Å². The van der Waals surface area contributed by atoms with Crippen LogP contribution in [0.15, 0.2) is 6.20 Å². The van der Waals surface area contributed by atoms with Crippen molar-refractivity contribution in [3.05, 3.63) is 16.1 Å². The van der Waals surface area contributed by atoms with E-state index in [0.29, 0.717) is 11.3 Å². The molecule has 1 amide bonds. The number of aliphatic hydroxyl groups excluding tert-OH is 1. The predicted octanol–water partition coefficient (Wildman–Crippen LogP) is 1.34. The van der Waals surface area contributed by atoms with Gasteiger partial charge in [-0.3, -0.25) is 4.79 Å². The van der Waals surface area contributed by atoms with Crippen molar-refractivity contribution >= 4 is 17.2 Å². The van der Waals surface area contributed by atoms with E-state index in [0.717, 1.165) is 5.01 Å². The molecule has 0 aliphatic heterocycles. The highest BCUT2D eigenvalue weighted by molar-refractivity contribution is 7.13. The first kappa shape index (κ1) is 11.5. The molecule has 0 saturated heterocycles. The maximum absolute atomic E-state index is 11.8. The van der Waals surface area contributed by atoms with Gasteiger partial charge in [0.15, 0.2) is 0 Å². The van der Waals surface area contributed by atoms with Crippen molar-refractivity contribution in [3.63, 3.8) is 0 Å². The molecule has 1 aromatic rings. The molecular weight excluding hydrogens is 224 g/mol. The van der Waals surface area contributed by atoms with Gasteiger partial charge >= 0.3 is 0 Å². The van der Waals surface area contributed by atoms with Gasteiger partial charge in [0.05, 0.1) is 17.3 Å². The molecule has 88 valence electrons. The van der Waals surface area contributed by atoms with Crippen molar-refractivity contribution in [3.8, 4) is 0 Å². The summed E-state index contributed by atoms with van der Waals surface area (Å²) in [6, 6.07) is 0.0532. The Morgan fingerprint density at radius 2 is 2.38 bits per heavy atom. The second-order valence-corrected chi connectivity index (χ2v) is 6.08. The lowest BCUT2D eigenvalue weighted by molar-refractivity contribution is -0.0689. The molecule has 2 N–H and O–H groups in total. The zero-order valence-corrected chi connectivity index (χ0v) is 10.5. The van der Waals surface area contributed by atoms with Gasteiger partial charge in [-0.2, -0.15) is 0 Å². The Balaban J connectivity index is 1.99. The second kappa shape index (κ2) is 3.82. The van der Waals surface area contributed by atoms with Crippen molar-refractivity contribution in [2.24, 2.45) is 5.41 Å². The Bertz CT molecular complexity index is 414. The van der Waals surface area contributed by atoms with Crippen LogP contribution in [0, 0.1) is 12.3 Å². The first-order valence-electron chi connectivity index (χ1n) is 5.32. The summed E-state index contributed by atoms with van der Waals surface area (Å²) in [5.74, 6) is -0.0874. The van der Waals surface area contributed by atoms with E-state index in [4.69, 9.17) is 0 Å². The fourth-order valence-electron chi connectivity index (χ4n) is 1.84. The van der Waals surface area contributed by atoms with Crippen molar-refractivity contribution in [1.29, 1.82) is 0 Å². The van der Waals surface area contributed by atoms with Crippen LogP contribution >= 0.6 is 11.3 Å². The van der Waals surface area contributed by atoms with Crippen molar-refractivity contribution in [1.82, 2.24) is 10.3 Å². The minimum Gasteiger partial charge on any atom is -0.392 e. The second-order valence-electron chi connectivity index (χ2n) is 4.84. The van der Waals surface area contributed by atoms with Crippen molar-refractivity contribution in [2.45, 2.75) is 39.3 Å². The molecule has 4 nitrogen and oxygen atoms in total. The van der Waals surface area contributed by atoms with Gasteiger partial charge in [-0.25, -0.2) is 4.98 Å². The van der Waals surface area contributed by atoms with E-state index in [2.05, 4.69) is 10.3 Å². The zero-order chi connectivity index (χ0) is 11.9. The Morgan fingerprint density at radius 3 is 2.81 bits per heavy atom. The number of hydrogen-bond acceptors (Lipinski definition) is 4. The van der Waals surface area contributed by atoms with Crippen LogP contribution in [0.25, 0.3) is 0 Å². The number of carbonyl (C=O) groups is 1. The number of nitrogens with one attached hydrogen (secondary N) is 1. The number of aliphatic hydroxyl groups is 1. The number of amides is 1. The molecule has 1 aliphatic rings. The molecule has 1 heterocycles. The van der Waals surface area contributed by atoms with Gasteiger partial charge in [0.1, 0.15) is 4.88 Å². The summed E-state index contributed by atoms with van der Waals surface area (Å²) in [7, 11) is 0. The van der Waals surface area contributed by atoms with Gasteiger partial charge in [-0.05, 0) is 13.3 Å². The molecule has 0 bridgehead atoms. The van der Waals surface area contributed by atoms with E-state index in [1.54, 1.807) is 6.20 Å². The minimum atomic E-state index is -0.319. The first-order chi connectivity index (χ1) is 7.41. The number of aromatic nitrogens is 1. The Kier molecular flexibility index (Phi) is 2.75. The molecule has 0 radical (unpaired) electrons. The van der Waals surface area contributed by atoms with Crippen LogP contribution in [-0.4, -0.2) is 28.1 Å². The Hall–Kier alpha value is -0.940. The third-order valence-corrected chi connectivity index (χ3v) is 4.28. The lowest BCUT2D eigenvalue weighted by Gasteiger charge is -2.49. The number of rotatable bonds is 2. The summed E-state index contributed by atoms with van der Waals surface area (Å²) in [4.78, 5) is 16.5. The molecular formula is C11H16N2O2S. The average molecular weight is 240 g/mol. The zero-order valence-electron chi connectivity index (χ0n) is 9.65. The fourth-order valence-corrected chi connectivity index (χ4v) is 2.52. The summed E-state index contributed by atoms with van der Waals surface area (Å²) < 4.78 is 0. The van der Waals surface area contributed by atoms with Crippen molar-refractivity contribution in [2.75, 3.05) is 0 Å². The van der Waals surface area contributed by atoms with Crippen LogP contribution < -0.4 is 5.32 Å². The lowest BCUT2D eigenvalue weighted by Crippen LogP contribution is -2.61. The topological polar surface area (TPSA) is 62.2 Å². The number of carbonyl (C=O) groups excluding carboxylic acids is 1. The first-order valence-corrected chi connectivity index (χ1v) is 6.14. The van der Waals surface area contributed by atoms with Gasteiger partial charge in [0.2, 0.25) is 0 Å². The van der Waals surface area contributed by atoms with Crippen LogP contribution in [0.5, 0.6) is 0 Å². The summed E-state index contributed by atoms with van der Waals surface area (Å²) in [5.41, 5.74) is -0.227. The molecule has 5 heteroatoms. The maximum Gasteiger partial charge on any atom is 0.263 e. The van der Waals surface area contributed by atoms with E-state index >= 15 is 0 Å². The van der Waals surface area contributed by atoms with E-state index in [9.17, 15) is 9.90 Å². The molecule has 0 aromatic carbocycles. The SMILES string of the molecule is Cc1ncc(C(=O)NC2CC(O)C2(C)C)s1. The minimum absolute atomic E-state index is 0.0532. The third-order valence-electron chi connectivity index (χ3n) is 3.37. The lowest BCUT2D eigenvalue weighted by atomic mass is 9.64. The van der Waals surface area contributed by atoms with Crippen LogP contribution in [0.3, 0.4) is 0 Å². The maximum atomic E-state index is 11.8. The largest absolute Gasteiger partial charge is 0.392 e. The van der Waals surface area contributed by atoms with E-state index in [1.807, 2.05) is 20.8 Å². The molecule has 0 spiro atoms. The number of thiazole rings is 1. The summed E-state index contributed by atoms with van der Waals surface area (Å²) in [5, 5.41) is 13.4. The van der Waals surface area contributed by atoms with Gasteiger partial charge in [0.25, 0.3) is 5.91 Å². The molecule has 16 heavy (non-hydrogen) atoms. The van der Waals surface area contributed by atoms with E-state index in [1.165, 1.54) is 11.3 Å². The van der Waals surface area contributed by atoms with E-state index < -0.39 is 0 Å². The number of aryl methyl sites for hydroxylation is 1. The molecule has 2 unspecified atom stereocenters. The molecule has 1 saturated carbocycles. The number of hydrogen-bond donors (Lipinski definition) is 2. The molecule has 1 aromatic heterocycles. The van der Waals surface area contributed by atoms with E-state index in [-0.39, 0.29) is 23.5 Å². The normalized spacial score (nSPS) is 27.2. The molecule has 2 rings (SSSR count). The average Bonchev–Trinajstić information content (AvgIpc) is 2.64. The third kappa shape index (κ3) is 1.85. The predicted molar refractivity (Wildman–Crippen MR) is 62.5 cm³/mol. The van der Waals surface area contributed by atoms with Gasteiger partial charge in [-0.1, -0.05) is 13.8 Å². The van der Waals surface area contributed by atoms with Crippen LogP contribution in [-0.2, 0) is 0 Å². The van der Waals surface area contributed by atoms with Crippen LogP contribution in [0.4, 0.5) is 0 Å². The monoisotopic (exact) mass is 240 g/mol.